The number of hydrogen-bond acceptors (Lipinski definition) is 5. The molecule has 0 fully saturated rings. The van der Waals surface area contributed by atoms with Gasteiger partial charge in [0.2, 0.25) is 17.7 Å². The smallest absolute Gasteiger partial charge is 0.408 e. The van der Waals surface area contributed by atoms with Crippen LogP contribution in [0.3, 0.4) is 0 Å². The molecule has 0 saturated carbocycles. The van der Waals surface area contributed by atoms with Crippen LogP contribution in [0, 0.1) is 11.8 Å². The molecule has 0 saturated heterocycles. The van der Waals surface area contributed by atoms with Crippen LogP contribution in [0.1, 0.15) is 63.3 Å². The highest BCUT2D eigenvalue weighted by molar-refractivity contribution is 6.38. The fourth-order valence-electron chi connectivity index (χ4n) is 5.67. The van der Waals surface area contributed by atoms with Crippen LogP contribution in [0.15, 0.2) is 36.4 Å². The minimum absolute atomic E-state index is 0.00735. The van der Waals surface area contributed by atoms with Crippen LogP contribution in [0.2, 0.25) is 15.1 Å². The standard InChI is InChI=1S/C33H40Cl3N5O5/c1-4-19(3)28(40-32(45)46-17-20-6-8-21(34)9-7-20)30(43)41-33(31(44)38-16-18(2)5-10-27(37)42)12-11-26-24(15-33)23-13-22(35)14-25(36)29(23)39-26/h6-9,13-14,18-19,28,39H,4-5,10-12,15-17H2,1-3H3,(H2,37,42)(H,38,44)(H,40,45)(H,41,43)/t18-,19-,28?,33+/m0/s1. The molecule has 1 aliphatic rings. The summed E-state index contributed by atoms with van der Waals surface area (Å²) in [5, 5.41) is 11.0. The van der Waals surface area contributed by atoms with Gasteiger partial charge in [0.25, 0.3) is 0 Å². The second kappa shape index (κ2) is 15.4. The van der Waals surface area contributed by atoms with Crippen LogP contribution < -0.4 is 21.7 Å². The van der Waals surface area contributed by atoms with Crippen molar-refractivity contribution >= 4 is 69.5 Å². The number of hydrogen-bond donors (Lipinski definition) is 5. The maximum atomic E-state index is 14.1. The fraction of sp³-hybridized carbons (Fsp3) is 0.455. The van der Waals surface area contributed by atoms with Gasteiger partial charge in [-0.15, -0.1) is 0 Å². The lowest BCUT2D eigenvalue weighted by Gasteiger charge is -2.38. The largest absolute Gasteiger partial charge is 0.445 e. The van der Waals surface area contributed by atoms with Gasteiger partial charge in [-0.25, -0.2) is 4.79 Å². The summed E-state index contributed by atoms with van der Waals surface area (Å²) in [5.74, 6) is -1.59. The molecule has 4 rings (SSSR count). The first-order valence-electron chi connectivity index (χ1n) is 15.4. The Bertz CT molecular complexity index is 1590. The van der Waals surface area contributed by atoms with Crippen molar-refractivity contribution in [3.8, 4) is 0 Å². The lowest BCUT2D eigenvalue weighted by molar-refractivity contribution is -0.135. The van der Waals surface area contributed by atoms with E-state index < -0.39 is 29.5 Å². The number of carbonyl (C=O) groups excluding carboxylic acids is 4. The van der Waals surface area contributed by atoms with Crippen molar-refractivity contribution in [1.82, 2.24) is 20.9 Å². The van der Waals surface area contributed by atoms with Gasteiger partial charge in [-0.2, -0.15) is 0 Å². The molecule has 3 aromatic rings. The normalized spacial score (nSPS) is 17.8. The minimum Gasteiger partial charge on any atom is -0.445 e. The van der Waals surface area contributed by atoms with Gasteiger partial charge >= 0.3 is 6.09 Å². The Morgan fingerprint density at radius 3 is 2.46 bits per heavy atom. The summed E-state index contributed by atoms with van der Waals surface area (Å²) in [6.45, 7) is 5.95. The van der Waals surface area contributed by atoms with Crippen LogP contribution in [0.5, 0.6) is 0 Å². The average molecular weight is 693 g/mol. The van der Waals surface area contributed by atoms with E-state index in [1.165, 1.54) is 0 Å². The van der Waals surface area contributed by atoms with Crippen LogP contribution >= 0.6 is 34.8 Å². The van der Waals surface area contributed by atoms with Gasteiger partial charge < -0.3 is 31.4 Å². The summed E-state index contributed by atoms with van der Waals surface area (Å²) in [7, 11) is 0. The number of fused-ring (bicyclic) bond motifs is 3. The van der Waals surface area contributed by atoms with Gasteiger partial charge in [0, 0.05) is 40.5 Å². The third-order valence-corrected chi connectivity index (χ3v) is 9.41. The molecule has 1 aliphatic carbocycles. The molecule has 46 heavy (non-hydrogen) atoms. The Kier molecular flexibility index (Phi) is 11.9. The number of H-pyrrole nitrogens is 1. The number of aromatic nitrogens is 1. The minimum atomic E-state index is -1.35. The topological polar surface area (TPSA) is 155 Å². The number of nitrogens with one attached hydrogen (secondary N) is 4. The van der Waals surface area contributed by atoms with Crippen molar-refractivity contribution < 1.29 is 23.9 Å². The number of nitrogens with two attached hydrogens (primary N) is 1. The number of alkyl carbamates (subject to hydrolysis) is 1. The Balaban J connectivity index is 1.58. The van der Waals surface area contributed by atoms with Crippen LogP contribution in [-0.4, -0.2) is 46.9 Å². The molecule has 0 bridgehead atoms. The van der Waals surface area contributed by atoms with E-state index in [0.717, 1.165) is 22.2 Å². The second-order valence-corrected chi connectivity index (χ2v) is 13.5. The molecule has 248 valence electrons. The maximum absolute atomic E-state index is 14.1. The summed E-state index contributed by atoms with van der Waals surface area (Å²) in [4.78, 5) is 55.6. The number of aryl methyl sites for hydroxylation is 1. The quantitative estimate of drug-likeness (QED) is 0.152. The second-order valence-electron chi connectivity index (χ2n) is 12.2. The molecule has 0 radical (unpaired) electrons. The lowest BCUT2D eigenvalue weighted by atomic mass is 9.78. The first-order valence-corrected chi connectivity index (χ1v) is 16.5. The Labute approximate surface area is 283 Å². The van der Waals surface area contributed by atoms with E-state index in [4.69, 9.17) is 45.3 Å². The van der Waals surface area contributed by atoms with Gasteiger partial charge in [-0.1, -0.05) is 74.1 Å². The van der Waals surface area contributed by atoms with Crippen LogP contribution in [-0.2, 0) is 38.6 Å². The number of ether oxygens (including phenoxy) is 1. The number of amides is 4. The third-order valence-electron chi connectivity index (χ3n) is 8.64. The van der Waals surface area contributed by atoms with Crippen molar-refractivity contribution in [2.24, 2.45) is 17.6 Å². The molecule has 4 atom stereocenters. The summed E-state index contributed by atoms with van der Waals surface area (Å²) in [6, 6.07) is 9.35. The van der Waals surface area contributed by atoms with Crippen molar-refractivity contribution in [3.05, 3.63) is 68.3 Å². The zero-order valence-electron chi connectivity index (χ0n) is 26.1. The van der Waals surface area contributed by atoms with Gasteiger partial charge in [0.15, 0.2) is 0 Å². The molecular weight excluding hydrogens is 653 g/mol. The Hall–Kier alpha value is -3.47. The van der Waals surface area contributed by atoms with E-state index in [2.05, 4.69) is 20.9 Å². The molecule has 2 aromatic carbocycles. The van der Waals surface area contributed by atoms with Gasteiger partial charge in [-0.05, 0) is 66.5 Å². The van der Waals surface area contributed by atoms with Gasteiger partial charge in [-0.3, -0.25) is 14.4 Å². The van der Waals surface area contributed by atoms with E-state index in [1.807, 2.05) is 20.8 Å². The fourth-order valence-corrected chi connectivity index (χ4v) is 6.34. The molecular formula is C33H40Cl3N5O5. The van der Waals surface area contributed by atoms with Gasteiger partial charge in [0.05, 0.1) is 10.5 Å². The SMILES string of the molecule is CC[C@H](C)C(NC(=O)OCc1ccc(Cl)cc1)C(=O)N[C@]1(C(=O)NC[C@@H](C)CCC(N)=O)CCc2[nH]c3c(Cl)cc(Cl)cc3c2C1. The molecule has 1 heterocycles. The Morgan fingerprint density at radius 2 is 1.78 bits per heavy atom. The monoisotopic (exact) mass is 691 g/mol. The molecule has 10 nitrogen and oxygen atoms in total. The van der Waals surface area contributed by atoms with E-state index in [9.17, 15) is 19.2 Å². The summed E-state index contributed by atoms with van der Waals surface area (Å²) in [6.07, 6.45) is 1.44. The average Bonchev–Trinajstić information content (AvgIpc) is 3.38. The molecule has 13 heteroatoms. The highest BCUT2D eigenvalue weighted by Gasteiger charge is 2.45. The number of carbonyl (C=O) groups is 4. The molecule has 0 spiro atoms. The summed E-state index contributed by atoms with van der Waals surface area (Å²) >= 11 is 18.8. The molecule has 0 aliphatic heterocycles. The maximum Gasteiger partial charge on any atom is 0.408 e. The van der Waals surface area contributed by atoms with Crippen molar-refractivity contribution in [1.29, 1.82) is 0 Å². The van der Waals surface area contributed by atoms with E-state index in [1.54, 1.807) is 36.4 Å². The number of primary amides is 1. The van der Waals surface area contributed by atoms with E-state index in [-0.39, 0.29) is 43.7 Å². The highest BCUT2D eigenvalue weighted by atomic mass is 35.5. The van der Waals surface area contributed by atoms with Crippen molar-refractivity contribution in [2.45, 2.75) is 77.5 Å². The van der Waals surface area contributed by atoms with Crippen LogP contribution in [0.25, 0.3) is 10.9 Å². The van der Waals surface area contributed by atoms with Crippen molar-refractivity contribution in [3.63, 3.8) is 0 Å². The van der Waals surface area contributed by atoms with Crippen molar-refractivity contribution in [2.75, 3.05) is 6.54 Å². The predicted octanol–water partition coefficient (Wildman–Crippen LogP) is 5.83. The summed E-state index contributed by atoms with van der Waals surface area (Å²) < 4.78 is 5.40. The number of rotatable bonds is 13. The first-order chi connectivity index (χ1) is 21.8. The summed E-state index contributed by atoms with van der Waals surface area (Å²) in [5.41, 5.74) is 7.15. The highest BCUT2D eigenvalue weighted by Crippen LogP contribution is 2.38. The van der Waals surface area contributed by atoms with Gasteiger partial charge in [0.1, 0.15) is 18.2 Å². The number of aromatic amines is 1. The van der Waals surface area contributed by atoms with E-state index >= 15 is 0 Å². The Morgan fingerprint density at radius 1 is 1.07 bits per heavy atom. The molecule has 1 aromatic heterocycles. The zero-order valence-corrected chi connectivity index (χ0v) is 28.4. The van der Waals surface area contributed by atoms with E-state index in [0.29, 0.717) is 46.3 Å². The third kappa shape index (κ3) is 8.66. The number of benzene rings is 2. The molecule has 1 unspecified atom stereocenters. The first kappa shape index (κ1) is 35.4. The number of halogens is 3. The zero-order chi connectivity index (χ0) is 33.6. The lowest BCUT2D eigenvalue weighted by Crippen LogP contribution is -2.65. The predicted molar refractivity (Wildman–Crippen MR) is 180 cm³/mol. The molecule has 6 N–H and O–H groups in total. The molecule has 4 amide bonds. The van der Waals surface area contributed by atoms with Crippen LogP contribution in [0.4, 0.5) is 4.79 Å².